The summed E-state index contributed by atoms with van der Waals surface area (Å²) in [5.41, 5.74) is 5.11. The van der Waals surface area contributed by atoms with Crippen LogP contribution >= 0.6 is 15.9 Å². The standard InChI is InChI=1S/C24H24BrN3O4S/c1-17-7-13-23(14-8-17)33(30,31)28(21-5-4-6-22(15-21)32-3)16-24(29)27-26-18(2)19-9-11-20(25)12-10-19/h4-15H,16H2,1-3H3,(H,27,29)/b26-18-. The lowest BCUT2D eigenvalue weighted by atomic mass is 10.1. The van der Waals surface area contributed by atoms with Crippen LogP contribution in [0, 0.1) is 6.92 Å². The summed E-state index contributed by atoms with van der Waals surface area (Å²) in [7, 11) is -2.53. The van der Waals surface area contributed by atoms with E-state index in [0.29, 0.717) is 17.1 Å². The lowest BCUT2D eigenvalue weighted by molar-refractivity contribution is -0.119. The maximum Gasteiger partial charge on any atom is 0.264 e. The molecule has 1 N–H and O–H groups in total. The van der Waals surface area contributed by atoms with Gasteiger partial charge in [-0.1, -0.05) is 51.8 Å². The van der Waals surface area contributed by atoms with Crippen molar-refractivity contribution in [2.75, 3.05) is 18.0 Å². The minimum absolute atomic E-state index is 0.0817. The summed E-state index contributed by atoms with van der Waals surface area (Å²) in [6.07, 6.45) is 0. The number of aryl methyl sites for hydroxylation is 1. The summed E-state index contributed by atoms with van der Waals surface area (Å²) in [5.74, 6) is -0.105. The van der Waals surface area contributed by atoms with Crippen LogP contribution in [0.4, 0.5) is 5.69 Å². The third-order valence-corrected chi connectivity index (χ3v) is 7.16. The van der Waals surface area contributed by atoms with Crippen LogP contribution in [0.1, 0.15) is 18.1 Å². The second-order valence-electron chi connectivity index (χ2n) is 7.27. The number of nitrogens with one attached hydrogen (secondary N) is 1. The summed E-state index contributed by atoms with van der Waals surface area (Å²) in [4.78, 5) is 12.8. The average molecular weight is 530 g/mol. The SMILES string of the molecule is COc1cccc(N(CC(=O)N/N=C(/C)c2ccc(Br)cc2)S(=O)(=O)c2ccc(C)cc2)c1. The Morgan fingerprint density at radius 1 is 1.06 bits per heavy atom. The van der Waals surface area contributed by atoms with Crippen LogP contribution < -0.4 is 14.5 Å². The van der Waals surface area contributed by atoms with E-state index >= 15 is 0 Å². The summed E-state index contributed by atoms with van der Waals surface area (Å²) in [5, 5.41) is 4.13. The molecular formula is C24H24BrN3O4S. The first kappa shape index (κ1) is 24.5. The number of benzene rings is 3. The molecule has 3 aromatic carbocycles. The monoisotopic (exact) mass is 529 g/mol. The molecule has 0 saturated heterocycles. The molecule has 3 aromatic rings. The van der Waals surface area contributed by atoms with Crippen LogP contribution in [0.3, 0.4) is 0 Å². The van der Waals surface area contributed by atoms with Gasteiger partial charge in [0.05, 0.1) is 23.4 Å². The normalized spacial score (nSPS) is 11.7. The first-order valence-electron chi connectivity index (χ1n) is 10.0. The van der Waals surface area contributed by atoms with E-state index in [1.165, 1.54) is 19.2 Å². The lowest BCUT2D eigenvalue weighted by Gasteiger charge is -2.24. The van der Waals surface area contributed by atoms with Gasteiger partial charge in [0.25, 0.3) is 15.9 Å². The Bertz CT molecular complexity index is 1260. The van der Waals surface area contributed by atoms with Crippen molar-refractivity contribution < 1.29 is 17.9 Å². The van der Waals surface area contributed by atoms with Gasteiger partial charge in [0.1, 0.15) is 12.3 Å². The third-order valence-electron chi connectivity index (χ3n) is 4.85. The Hall–Kier alpha value is -3.17. The van der Waals surface area contributed by atoms with E-state index < -0.39 is 22.5 Å². The zero-order chi connectivity index (χ0) is 24.0. The largest absolute Gasteiger partial charge is 0.497 e. The number of hydrogen-bond acceptors (Lipinski definition) is 5. The Labute approximate surface area is 202 Å². The maximum absolute atomic E-state index is 13.4. The number of carbonyl (C=O) groups excluding carboxylic acids is 1. The van der Waals surface area contributed by atoms with Gasteiger partial charge in [0.2, 0.25) is 0 Å². The van der Waals surface area contributed by atoms with Gasteiger partial charge in [-0.3, -0.25) is 9.10 Å². The van der Waals surface area contributed by atoms with E-state index in [9.17, 15) is 13.2 Å². The minimum atomic E-state index is -4.02. The van der Waals surface area contributed by atoms with Crippen molar-refractivity contribution in [1.82, 2.24) is 5.43 Å². The fourth-order valence-electron chi connectivity index (χ4n) is 2.99. The molecule has 0 atom stereocenters. The van der Waals surface area contributed by atoms with Crippen LogP contribution in [0.5, 0.6) is 5.75 Å². The molecule has 0 aliphatic carbocycles. The third kappa shape index (κ3) is 6.21. The number of ether oxygens (including phenoxy) is 1. The van der Waals surface area contributed by atoms with E-state index in [1.807, 2.05) is 31.2 Å². The molecule has 0 aliphatic rings. The molecule has 0 spiro atoms. The summed E-state index contributed by atoms with van der Waals surface area (Å²) >= 11 is 3.38. The highest BCUT2D eigenvalue weighted by Gasteiger charge is 2.27. The van der Waals surface area contributed by atoms with Crippen LogP contribution in [0.2, 0.25) is 0 Å². The van der Waals surface area contributed by atoms with Gasteiger partial charge >= 0.3 is 0 Å². The van der Waals surface area contributed by atoms with E-state index in [-0.39, 0.29) is 4.90 Å². The van der Waals surface area contributed by atoms with Crippen molar-refractivity contribution in [2.24, 2.45) is 5.10 Å². The molecular weight excluding hydrogens is 506 g/mol. The predicted molar refractivity (Wildman–Crippen MR) is 133 cm³/mol. The van der Waals surface area contributed by atoms with Gasteiger partial charge in [-0.25, -0.2) is 13.8 Å². The molecule has 0 aliphatic heterocycles. The van der Waals surface area contributed by atoms with Gasteiger partial charge in [0.15, 0.2) is 0 Å². The fourth-order valence-corrected chi connectivity index (χ4v) is 4.66. The molecule has 0 heterocycles. The van der Waals surface area contributed by atoms with Crippen LogP contribution in [-0.2, 0) is 14.8 Å². The Balaban J connectivity index is 1.89. The maximum atomic E-state index is 13.4. The zero-order valence-electron chi connectivity index (χ0n) is 18.4. The smallest absolute Gasteiger partial charge is 0.264 e. The highest BCUT2D eigenvalue weighted by molar-refractivity contribution is 9.10. The number of amides is 1. The Morgan fingerprint density at radius 3 is 2.36 bits per heavy atom. The van der Waals surface area contributed by atoms with Gasteiger partial charge < -0.3 is 4.74 Å². The number of anilines is 1. The second-order valence-corrected chi connectivity index (χ2v) is 10.0. The number of sulfonamides is 1. The van der Waals surface area contributed by atoms with E-state index in [2.05, 4.69) is 26.5 Å². The van der Waals surface area contributed by atoms with Crippen LogP contribution in [-0.4, -0.2) is 33.7 Å². The van der Waals surface area contributed by atoms with Gasteiger partial charge in [-0.05, 0) is 55.8 Å². The van der Waals surface area contributed by atoms with Crippen molar-refractivity contribution in [1.29, 1.82) is 0 Å². The molecule has 172 valence electrons. The van der Waals surface area contributed by atoms with Gasteiger partial charge in [0, 0.05) is 10.5 Å². The zero-order valence-corrected chi connectivity index (χ0v) is 20.9. The fraction of sp³-hybridized carbons (Fsp3) is 0.167. The molecule has 0 aromatic heterocycles. The highest BCUT2D eigenvalue weighted by atomic mass is 79.9. The first-order chi connectivity index (χ1) is 15.7. The second kappa shape index (κ2) is 10.6. The number of hydrazone groups is 1. The predicted octanol–water partition coefficient (Wildman–Crippen LogP) is 4.50. The number of hydrogen-bond donors (Lipinski definition) is 1. The summed E-state index contributed by atoms with van der Waals surface area (Å²) < 4.78 is 34.1. The van der Waals surface area contributed by atoms with Crippen LogP contribution in [0.25, 0.3) is 0 Å². The molecule has 7 nitrogen and oxygen atoms in total. The molecule has 0 unspecified atom stereocenters. The van der Waals surface area contributed by atoms with Crippen LogP contribution in [0.15, 0.2) is 87.3 Å². The average Bonchev–Trinajstić information content (AvgIpc) is 2.81. The van der Waals surface area contributed by atoms with E-state index in [1.54, 1.807) is 43.3 Å². The number of rotatable bonds is 8. The molecule has 9 heteroatoms. The van der Waals surface area contributed by atoms with Crippen molar-refractivity contribution in [3.05, 3.63) is 88.4 Å². The molecule has 1 amide bonds. The number of methoxy groups -OCH3 is 1. The molecule has 0 bridgehead atoms. The summed E-state index contributed by atoms with van der Waals surface area (Å²) in [6, 6.07) is 20.5. The first-order valence-corrected chi connectivity index (χ1v) is 12.3. The number of nitrogens with zero attached hydrogens (tertiary/aromatic N) is 2. The Kier molecular flexibility index (Phi) is 7.88. The molecule has 0 radical (unpaired) electrons. The topological polar surface area (TPSA) is 88.1 Å². The minimum Gasteiger partial charge on any atom is -0.497 e. The van der Waals surface area contributed by atoms with Gasteiger partial charge in [-0.2, -0.15) is 5.10 Å². The number of carbonyl (C=O) groups is 1. The van der Waals surface area contributed by atoms with Crippen molar-refractivity contribution in [3.8, 4) is 5.75 Å². The van der Waals surface area contributed by atoms with Gasteiger partial charge in [-0.15, -0.1) is 0 Å². The molecule has 3 rings (SSSR count). The molecule has 0 fully saturated rings. The Morgan fingerprint density at radius 2 is 1.73 bits per heavy atom. The van der Waals surface area contributed by atoms with Crippen molar-refractivity contribution in [2.45, 2.75) is 18.7 Å². The molecule has 33 heavy (non-hydrogen) atoms. The quantitative estimate of drug-likeness (QED) is 0.343. The van der Waals surface area contributed by atoms with Crippen molar-refractivity contribution in [3.63, 3.8) is 0 Å². The van der Waals surface area contributed by atoms with Crippen molar-refractivity contribution >= 4 is 43.3 Å². The highest BCUT2D eigenvalue weighted by Crippen LogP contribution is 2.27. The van der Waals surface area contributed by atoms with E-state index in [4.69, 9.17) is 4.74 Å². The number of halogens is 1. The van der Waals surface area contributed by atoms with E-state index in [0.717, 1.165) is 19.9 Å². The molecule has 0 saturated carbocycles. The lowest BCUT2D eigenvalue weighted by Crippen LogP contribution is -2.39. The summed E-state index contributed by atoms with van der Waals surface area (Å²) in [6.45, 7) is 3.17.